The molecule has 0 amide bonds. The molecule has 1 heterocycles. The number of aryl methyl sites for hydroxylation is 1. The minimum atomic E-state index is -0.636. The lowest BCUT2D eigenvalue weighted by molar-refractivity contribution is 0.579. The van der Waals surface area contributed by atoms with E-state index in [1.807, 2.05) is 0 Å². The molecule has 0 unspecified atom stereocenters. The van der Waals surface area contributed by atoms with Gasteiger partial charge in [-0.05, 0) is 24.6 Å². The molecular formula is C12H10F2N2. The van der Waals surface area contributed by atoms with Crippen LogP contribution in [0.25, 0.3) is 11.1 Å². The van der Waals surface area contributed by atoms with Crippen LogP contribution in [0.1, 0.15) is 5.56 Å². The summed E-state index contributed by atoms with van der Waals surface area (Å²) >= 11 is 0. The molecule has 0 spiro atoms. The summed E-state index contributed by atoms with van der Waals surface area (Å²) in [4.78, 5) is 3.87. The van der Waals surface area contributed by atoms with Crippen molar-refractivity contribution in [2.24, 2.45) is 0 Å². The zero-order chi connectivity index (χ0) is 11.7. The van der Waals surface area contributed by atoms with E-state index < -0.39 is 11.6 Å². The molecule has 16 heavy (non-hydrogen) atoms. The Morgan fingerprint density at radius 2 is 1.88 bits per heavy atom. The van der Waals surface area contributed by atoms with Crippen LogP contribution in [-0.4, -0.2) is 4.98 Å². The van der Waals surface area contributed by atoms with Crippen LogP contribution in [-0.2, 0) is 0 Å². The van der Waals surface area contributed by atoms with Crippen LogP contribution < -0.4 is 5.73 Å². The van der Waals surface area contributed by atoms with E-state index in [0.717, 1.165) is 6.07 Å². The first-order valence-corrected chi connectivity index (χ1v) is 4.75. The number of rotatable bonds is 1. The average molecular weight is 220 g/mol. The highest BCUT2D eigenvalue weighted by Gasteiger charge is 2.11. The molecule has 0 aliphatic carbocycles. The van der Waals surface area contributed by atoms with Crippen LogP contribution in [0.2, 0.25) is 0 Å². The van der Waals surface area contributed by atoms with Gasteiger partial charge in [0.15, 0.2) is 0 Å². The predicted octanol–water partition coefficient (Wildman–Crippen LogP) is 2.92. The highest BCUT2D eigenvalue weighted by atomic mass is 19.1. The second-order valence-corrected chi connectivity index (χ2v) is 3.54. The summed E-state index contributed by atoms with van der Waals surface area (Å²) in [6, 6.07) is 3.86. The maximum Gasteiger partial charge on any atom is 0.134 e. The third kappa shape index (κ3) is 1.74. The molecule has 0 atom stereocenters. The number of nitrogens with zero attached hydrogens (tertiary/aromatic N) is 1. The van der Waals surface area contributed by atoms with Crippen LogP contribution in [0.15, 0.2) is 30.6 Å². The molecule has 4 heteroatoms. The van der Waals surface area contributed by atoms with E-state index >= 15 is 0 Å². The number of nitrogens with two attached hydrogens (primary N) is 1. The standard InChI is InChI=1S/C12H10F2N2/c1-7-4-8(11(14)5-10(7)13)9-6-16-3-2-12(9)15/h2-6H,1H3,(H2,15,16). The molecular weight excluding hydrogens is 210 g/mol. The molecule has 0 saturated carbocycles. The second kappa shape index (κ2) is 3.89. The first-order valence-electron chi connectivity index (χ1n) is 4.75. The Morgan fingerprint density at radius 3 is 2.56 bits per heavy atom. The van der Waals surface area contributed by atoms with Crippen molar-refractivity contribution in [3.05, 3.63) is 47.8 Å². The highest BCUT2D eigenvalue weighted by molar-refractivity contribution is 5.75. The maximum atomic E-state index is 13.6. The summed E-state index contributed by atoms with van der Waals surface area (Å²) in [7, 11) is 0. The van der Waals surface area contributed by atoms with Crippen LogP contribution in [0.4, 0.5) is 14.5 Å². The zero-order valence-electron chi connectivity index (χ0n) is 8.67. The Hall–Kier alpha value is -1.97. The lowest BCUT2D eigenvalue weighted by Crippen LogP contribution is -1.95. The fourth-order valence-electron chi connectivity index (χ4n) is 1.49. The van der Waals surface area contributed by atoms with Gasteiger partial charge in [-0.2, -0.15) is 0 Å². The molecule has 82 valence electrons. The van der Waals surface area contributed by atoms with E-state index in [1.54, 1.807) is 13.0 Å². The number of halogens is 2. The number of aromatic nitrogens is 1. The predicted molar refractivity (Wildman–Crippen MR) is 58.7 cm³/mol. The smallest absolute Gasteiger partial charge is 0.134 e. The normalized spacial score (nSPS) is 10.4. The number of pyridine rings is 1. The van der Waals surface area contributed by atoms with Crippen LogP contribution in [0.5, 0.6) is 0 Å². The molecule has 0 fully saturated rings. The molecule has 0 bridgehead atoms. The highest BCUT2D eigenvalue weighted by Crippen LogP contribution is 2.28. The van der Waals surface area contributed by atoms with E-state index in [2.05, 4.69) is 4.98 Å². The van der Waals surface area contributed by atoms with Crippen molar-refractivity contribution in [3.8, 4) is 11.1 Å². The Morgan fingerprint density at radius 1 is 1.12 bits per heavy atom. The average Bonchev–Trinajstić information content (AvgIpc) is 2.25. The van der Waals surface area contributed by atoms with Gasteiger partial charge in [-0.25, -0.2) is 8.78 Å². The summed E-state index contributed by atoms with van der Waals surface area (Å²) in [5.41, 5.74) is 7.24. The van der Waals surface area contributed by atoms with Gasteiger partial charge in [0, 0.05) is 35.3 Å². The molecule has 2 N–H and O–H groups in total. The fraction of sp³-hybridized carbons (Fsp3) is 0.0833. The molecule has 2 nitrogen and oxygen atoms in total. The van der Waals surface area contributed by atoms with Gasteiger partial charge in [-0.15, -0.1) is 0 Å². The molecule has 0 aliphatic rings. The van der Waals surface area contributed by atoms with E-state index in [4.69, 9.17) is 5.73 Å². The van der Waals surface area contributed by atoms with Crippen molar-refractivity contribution in [2.45, 2.75) is 6.92 Å². The topological polar surface area (TPSA) is 38.9 Å². The van der Waals surface area contributed by atoms with Gasteiger partial charge in [0.05, 0.1) is 0 Å². The monoisotopic (exact) mass is 220 g/mol. The molecule has 2 rings (SSSR count). The van der Waals surface area contributed by atoms with E-state index in [9.17, 15) is 8.78 Å². The van der Waals surface area contributed by atoms with Crippen molar-refractivity contribution in [3.63, 3.8) is 0 Å². The number of nitrogen functional groups attached to an aromatic ring is 1. The van der Waals surface area contributed by atoms with Crippen LogP contribution in [0.3, 0.4) is 0 Å². The largest absolute Gasteiger partial charge is 0.398 e. The minimum Gasteiger partial charge on any atom is -0.398 e. The Labute approximate surface area is 91.7 Å². The van der Waals surface area contributed by atoms with Gasteiger partial charge >= 0.3 is 0 Å². The third-order valence-electron chi connectivity index (χ3n) is 2.39. The zero-order valence-corrected chi connectivity index (χ0v) is 8.67. The van der Waals surface area contributed by atoms with E-state index in [-0.39, 0.29) is 5.56 Å². The number of benzene rings is 1. The number of hydrogen-bond acceptors (Lipinski definition) is 2. The maximum absolute atomic E-state index is 13.6. The minimum absolute atomic E-state index is 0.268. The molecule has 0 radical (unpaired) electrons. The van der Waals surface area contributed by atoms with Gasteiger partial charge in [0.25, 0.3) is 0 Å². The molecule has 1 aromatic carbocycles. The van der Waals surface area contributed by atoms with Crippen molar-refractivity contribution in [1.29, 1.82) is 0 Å². The Balaban J connectivity index is 2.65. The number of anilines is 1. The van der Waals surface area contributed by atoms with Crippen molar-refractivity contribution < 1.29 is 8.78 Å². The summed E-state index contributed by atoms with van der Waals surface area (Å²) in [5, 5.41) is 0. The van der Waals surface area contributed by atoms with E-state index in [1.165, 1.54) is 18.5 Å². The van der Waals surface area contributed by atoms with Crippen LogP contribution in [0, 0.1) is 18.6 Å². The van der Waals surface area contributed by atoms with Gasteiger partial charge in [-0.1, -0.05) is 0 Å². The third-order valence-corrected chi connectivity index (χ3v) is 2.39. The van der Waals surface area contributed by atoms with Gasteiger partial charge in [-0.3, -0.25) is 4.98 Å². The molecule has 2 aromatic rings. The summed E-state index contributed by atoms with van der Waals surface area (Å²) in [6.45, 7) is 1.57. The Kier molecular flexibility index (Phi) is 2.56. The first-order chi connectivity index (χ1) is 7.59. The molecule has 0 saturated heterocycles. The Bertz CT molecular complexity index is 539. The summed E-state index contributed by atoms with van der Waals surface area (Å²) in [5.74, 6) is -1.20. The fourth-order valence-corrected chi connectivity index (χ4v) is 1.49. The van der Waals surface area contributed by atoms with Crippen molar-refractivity contribution in [2.75, 3.05) is 5.73 Å². The van der Waals surface area contributed by atoms with Gasteiger partial charge in [0.1, 0.15) is 11.6 Å². The van der Waals surface area contributed by atoms with Crippen molar-refractivity contribution >= 4 is 5.69 Å². The van der Waals surface area contributed by atoms with Gasteiger partial charge < -0.3 is 5.73 Å². The lowest BCUT2D eigenvalue weighted by Gasteiger charge is -2.07. The first kappa shape index (κ1) is 10.5. The lowest BCUT2D eigenvalue weighted by atomic mass is 10.0. The second-order valence-electron chi connectivity index (χ2n) is 3.54. The van der Waals surface area contributed by atoms with E-state index in [0.29, 0.717) is 16.8 Å². The number of hydrogen-bond donors (Lipinski definition) is 1. The molecule has 0 aliphatic heterocycles. The molecule has 1 aromatic heterocycles. The van der Waals surface area contributed by atoms with Crippen molar-refractivity contribution in [1.82, 2.24) is 4.98 Å². The SMILES string of the molecule is Cc1cc(-c2cnccc2N)c(F)cc1F. The van der Waals surface area contributed by atoms with Crippen LogP contribution >= 0.6 is 0 Å². The summed E-state index contributed by atoms with van der Waals surface area (Å²) in [6.07, 6.45) is 2.98. The van der Waals surface area contributed by atoms with Gasteiger partial charge in [0.2, 0.25) is 0 Å². The summed E-state index contributed by atoms with van der Waals surface area (Å²) < 4.78 is 26.7. The quantitative estimate of drug-likeness (QED) is 0.802.